The number of nitrogens with zero attached hydrogens (tertiary/aromatic N) is 2. The number of β-amino-alcohol motifs (C(OH)–C–C–N with tert-alkyl or cyclic N) is 1. The molecule has 1 aliphatic heterocycles. The number of likely N-dealkylation sites (tertiary alicyclic amines) is 1. The van der Waals surface area contributed by atoms with Gasteiger partial charge in [-0.2, -0.15) is 5.10 Å². The van der Waals surface area contributed by atoms with Crippen molar-refractivity contribution in [2.45, 2.75) is 24.5 Å². The minimum atomic E-state index is -0.847. The predicted octanol–water partition coefficient (Wildman–Crippen LogP) is 2.57. The van der Waals surface area contributed by atoms with Crippen molar-refractivity contribution in [3.63, 3.8) is 0 Å². The summed E-state index contributed by atoms with van der Waals surface area (Å²) in [6, 6.07) is 21.1. The zero-order chi connectivity index (χ0) is 21.5. The van der Waals surface area contributed by atoms with E-state index in [1.54, 1.807) is 12.3 Å². The molecule has 2 aromatic carbocycles. The number of amides is 1. The Balaban J connectivity index is 1.39. The predicted molar refractivity (Wildman–Crippen MR) is 118 cm³/mol. The molecule has 0 spiro atoms. The maximum atomic E-state index is 12.8. The lowest BCUT2D eigenvalue weighted by atomic mass is 9.78. The number of para-hydroxylation sites is 1. The van der Waals surface area contributed by atoms with Crippen molar-refractivity contribution in [2.75, 3.05) is 26.2 Å². The Kier molecular flexibility index (Phi) is 6.64. The molecule has 7 heteroatoms. The summed E-state index contributed by atoms with van der Waals surface area (Å²) in [5.41, 5.74) is 0.436. The van der Waals surface area contributed by atoms with Crippen LogP contribution in [0.5, 0.6) is 5.75 Å². The van der Waals surface area contributed by atoms with E-state index in [0.717, 1.165) is 30.8 Å². The molecule has 31 heavy (non-hydrogen) atoms. The summed E-state index contributed by atoms with van der Waals surface area (Å²) in [6.45, 7) is 2.68. The molecule has 1 aliphatic rings. The van der Waals surface area contributed by atoms with Gasteiger partial charge < -0.3 is 20.1 Å². The standard InChI is InChI=1S/C24H28N4O3/c29-22-18-28(15-7-17-31-20-10-5-2-6-11-20)16-13-24(22,19-8-3-1-4-9-19)26-23(30)21-12-14-25-27-21/h1-6,8-12,14,22,29H,7,13,15-18H2,(H,25,27)(H,26,30)/t22-,24+/m1/s1. The van der Waals surface area contributed by atoms with E-state index in [4.69, 9.17) is 4.74 Å². The number of piperidine rings is 1. The minimum Gasteiger partial charge on any atom is -0.494 e. The molecular formula is C24H28N4O3. The van der Waals surface area contributed by atoms with Crippen molar-refractivity contribution in [1.82, 2.24) is 20.4 Å². The molecule has 3 aromatic rings. The van der Waals surface area contributed by atoms with E-state index in [9.17, 15) is 9.90 Å². The minimum absolute atomic E-state index is 0.273. The molecule has 0 aliphatic carbocycles. The summed E-state index contributed by atoms with van der Waals surface area (Å²) >= 11 is 0. The van der Waals surface area contributed by atoms with Crippen LogP contribution in [0.25, 0.3) is 0 Å². The highest BCUT2D eigenvalue weighted by Gasteiger charge is 2.45. The van der Waals surface area contributed by atoms with Crippen molar-refractivity contribution < 1.29 is 14.6 Å². The van der Waals surface area contributed by atoms with Gasteiger partial charge in [-0.3, -0.25) is 9.89 Å². The number of ether oxygens (including phenoxy) is 1. The Morgan fingerprint density at radius 2 is 1.90 bits per heavy atom. The van der Waals surface area contributed by atoms with Gasteiger partial charge >= 0.3 is 0 Å². The smallest absolute Gasteiger partial charge is 0.270 e. The number of rotatable bonds is 8. The van der Waals surface area contributed by atoms with Gasteiger partial charge in [-0.05, 0) is 36.6 Å². The van der Waals surface area contributed by atoms with E-state index in [1.807, 2.05) is 60.7 Å². The van der Waals surface area contributed by atoms with E-state index in [-0.39, 0.29) is 5.91 Å². The van der Waals surface area contributed by atoms with Gasteiger partial charge in [0.25, 0.3) is 5.91 Å². The lowest BCUT2D eigenvalue weighted by molar-refractivity contribution is -0.0165. The number of carbonyl (C=O) groups excluding carboxylic acids is 1. The first-order valence-corrected chi connectivity index (χ1v) is 10.6. The van der Waals surface area contributed by atoms with Gasteiger partial charge in [0.15, 0.2) is 0 Å². The third kappa shape index (κ3) is 4.95. The molecule has 4 rings (SSSR count). The van der Waals surface area contributed by atoms with Gasteiger partial charge in [0.05, 0.1) is 18.2 Å². The number of aliphatic hydroxyl groups is 1. The number of benzene rings is 2. The van der Waals surface area contributed by atoms with E-state index < -0.39 is 11.6 Å². The zero-order valence-corrected chi connectivity index (χ0v) is 17.4. The Morgan fingerprint density at radius 3 is 2.58 bits per heavy atom. The molecule has 1 saturated heterocycles. The molecule has 0 radical (unpaired) electrons. The highest BCUT2D eigenvalue weighted by molar-refractivity contribution is 5.92. The lowest BCUT2D eigenvalue weighted by Gasteiger charge is -2.46. The molecule has 0 bridgehead atoms. The maximum absolute atomic E-state index is 12.8. The second-order valence-electron chi connectivity index (χ2n) is 7.84. The summed E-state index contributed by atoms with van der Waals surface area (Å²) in [5, 5.41) is 20.9. The Hall–Kier alpha value is -3.16. The maximum Gasteiger partial charge on any atom is 0.270 e. The van der Waals surface area contributed by atoms with Gasteiger partial charge in [-0.1, -0.05) is 48.5 Å². The normalized spacial score (nSPS) is 21.5. The molecule has 2 atom stereocenters. The largest absolute Gasteiger partial charge is 0.494 e. The van der Waals surface area contributed by atoms with E-state index >= 15 is 0 Å². The Morgan fingerprint density at radius 1 is 1.16 bits per heavy atom. The first-order valence-electron chi connectivity index (χ1n) is 10.6. The number of hydrogen-bond donors (Lipinski definition) is 3. The number of aromatic nitrogens is 2. The van der Waals surface area contributed by atoms with Crippen molar-refractivity contribution in [3.05, 3.63) is 84.2 Å². The van der Waals surface area contributed by atoms with Crippen molar-refractivity contribution in [3.8, 4) is 5.75 Å². The van der Waals surface area contributed by atoms with Gasteiger partial charge in [0, 0.05) is 25.8 Å². The summed E-state index contributed by atoms with van der Waals surface area (Å²) < 4.78 is 5.77. The van der Waals surface area contributed by atoms with Crippen LogP contribution >= 0.6 is 0 Å². The average Bonchev–Trinajstić information content (AvgIpc) is 3.35. The average molecular weight is 421 g/mol. The lowest BCUT2D eigenvalue weighted by Crippen LogP contribution is -2.62. The number of H-pyrrole nitrogens is 1. The zero-order valence-electron chi connectivity index (χ0n) is 17.4. The van der Waals surface area contributed by atoms with E-state index in [0.29, 0.717) is 25.3 Å². The second kappa shape index (κ2) is 9.76. The number of hydrogen-bond acceptors (Lipinski definition) is 5. The van der Waals surface area contributed by atoms with Gasteiger partial charge in [-0.15, -0.1) is 0 Å². The molecule has 162 valence electrons. The first kappa shape index (κ1) is 21.1. The van der Waals surface area contributed by atoms with Crippen LogP contribution in [0, 0.1) is 0 Å². The topological polar surface area (TPSA) is 90.5 Å². The molecule has 1 aromatic heterocycles. The number of nitrogens with one attached hydrogen (secondary N) is 2. The Bertz CT molecular complexity index is 949. The Labute approximate surface area is 182 Å². The monoisotopic (exact) mass is 420 g/mol. The van der Waals surface area contributed by atoms with Crippen LogP contribution in [-0.4, -0.2) is 58.5 Å². The SMILES string of the molecule is O=C(N[C@]1(c2ccccc2)CCN(CCCOc2ccccc2)C[C@H]1O)c1ccn[nH]1. The van der Waals surface area contributed by atoms with Crippen LogP contribution in [0.2, 0.25) is 0 Å². The highest BCUT2D eigenvalue weighted by atomic mass is 16.5. The van der Waals surface area contributed by atoms with Gasteiger partial charge in [0.2, 0.25) is 0 Å². The molecule has 1 fully saturated rings. The number of aromatic amines is 1. The van der Waals surface area contributed by atoms with Crippen molar-refractivity contribution >= 4 is 5.91 Å². The molecule has 0 unspecified atom stereocenters. The summed E-state index contributed by atoms with van der Waals surface area (Å²) in [7, 11) is 0. The van der Waals surface area contributed by atoms with Crippen molar-refractivity contribution in [2.24, 2.45) is 0 Å². The summed E-state index contributed by atoms with van der Waals surface area (Å²) in [4.78, 5) is 15.0. The molecule has 0 saturated carbocycles. The van der Waals surface area contributed by atoms with Crippen LogP contribution in [0.15, 0.2) is 72.9 Å². The fourth-order valence-electron chi connectivity index (χ4n) is 4.13. The molecule has 3 N–H and O–H groups in total. The van der Waals surface area contributed by atoms with Crippen LogP contribution in [0.3, 0.4) is 0 Å². The van der Waals surface area contributed by atoms with Crippen LogP contribution in [0.4, 0.5) is 0 Å². The van der Waals surface area contributed by atoms with Crippen molar-refractivity contribution in [1.29, 1.82) is 0 Å². The second-order valence-corrected chi connectivity index (χ2v) is 7.84. The third-order valence-electron chi connectivity index (χ3n) is 5.82. The van der Waals surface area contributed by atoms with Crippen LogP contribution in [0.1, 0.15) is 28.9 Å². The summed E-state index contributed by atoms with van der Waals surface area (Å²) in [6.07, 6.45) is 2.27. The summed E-state index contributed by atoms with van der Waals surface area (Å²) in [5.74, 6) is 0.593. The fourth-order valence-corrected chi connectivity index (χ4v) is 4.13. The van der Waals surface area contributed by atoms with E-state index in [2.05, 4.69) is 20.4 Å². The highest BCUT2D eigenvalue weighted by Crippen LogP contribution is 2.33. The van der Waals surface area contributed by atoms with Gasteiger partial charge in [-0.25, -0.2) is 0 Å². The number of aliphatic hydroxyl groups excluding tert-OH is 1. The van der Waals surface area contributed by atoms with Crippen LogP contribution in [-0.2, 0) is 5.54 Å². The number of carbonyl (C=O) groups is 1. The third-order valence-corrected chi connectivity index (χ3v) is 5.82. The molecule has 1 amide bonds. The van der Waals surface area contributed by atoms with E-state index in [1.165, 1.54) is 0 Å². The fraction of sp³-hybridized carbons (Fsp3) is 0.333. The van der Waals surface area contributed by atoms with Gasteiger partial charge in [0.1, 0.15) is 11.4 Å². The molecule has 7 nitrogen and oxygen atoms in total. The van der Waals surface area contributed by atoms with Crippen LogP contribution < -0.4 is 10.1 Å². The first-order chi connectivity index (χ1) is 15.2. The quantitative estimate of drug-likeness (QED) is 0.488. The molecular weight excluding hydrogens is 392 g/mol. The molecule has 2 heterocycles.